The van der Waals surface area contributed by atoms with Crippen LogP contribution in [0.25, 0.3) is 0 Å². The number of rotatable bonds is 2. The third-order valence-electron chi connectivity index (χ3n) is 0.860. The molecule has 0 unspecified atom stereocenters. The van der Waals surface area contributed by atoms with Crippen molar-refractivity contribution in [3.63, 3.8) is 0 Å². The average Bonchev–Trinajstić information content (AvgIpc) is 1.72. The van der Waals surface area contributed by atoms with Gasteiger partial charge >= 0.3 is 0 Å². The van der Waals surface area contributed by atoms with Crippen LogP contribution in [-0.4, -0.2) is 6.29 Å². The van der Waals surface area contributed by atoms with Gasteiger partial charge in [-0.1, -0.05) is 13.0 Å². The van der Waals surface area contributed by atoms with Gasteiger partial charge in [0.25, 0.3) is 0 Å². The van der Waals surface area contributed by atoms with Crippen molar-refractivity contribution >= 4 is 6.29 Å². The van der Waals surface area contributed by atoms with Crippen LogP contribution in [0.15, 0.2) is 11.6 Å². The summed E-state index contributed by atoms with van der Waals surface area (Å²) in [5.74, 6) is 0. The molecule has 7 heavy (non-hydrogen) atoms. The zero-order chi connectivity index (χ0) is 5.70. The summed E-state index contributed by atoms with van der Waals surface area (Å²) in [6, 6.07) is 0. The van der Waals surface area contributed by atoms with E-state index >= 15 is 0 Å². The second-order valence-corrected chi connectivity index (χ2v) is 1.27. The molecule has 0 aromatic rings. The van der Waals surface area contributed by atoms with Crippen LogP contribution in [0.5, 0.6) is 0 Å². The molecule has 0 aromatic carbocycles. The summed E-state index contributed by atoms with van der Waals surface area (Å²) in [6.45, 7) is 3.77. The highest BCUT2D eigenvalue weighted by Crippen LogP contribution is 1.92. The van der Waals surface area contributed by atoms with E-state index in [2.05, 4.69) is 0 Å². The first-order valence-corrected chi connectivity index (χ1v) is 2.38. The van der Waals surface area contributed by atoms with Crippen LogP contribution in [0.1, 0.15) is 20.3 Å². The Bertz CT molecular complexity index is 82.2. The third kappa shape index (κ3) is 2.15. The minimum atomic E-state index is 0.750. The number of carbonyl (C=O) groups excluding carboxylic acids is 1. The maximum Gasteiger partial charge on any atom is 0.228 e. The Balaban J connectivity index is 3.60. The lowest BCUT2D eigenvalue weighted by molar-refractivity contribution is 0.560. The first kappa shape index (κ1) is 6.41. The largest absolute Gasteiger partial charge is 0.285 e. The molecule has 0 rings (SSSR count). The van der Waals surface area contributed by atoms with Crippen molar-refractivity contribution in [2.45, 2.75) is 20.3 Å². The van der Waals surface area contributed by atoms with Crippen molar-refractivity contribution < 1.29 is 4.79 Å². The predicted octanol–water partition coefficient (Wildman–Crippen LogP) is 1.45. The van der Waals surface area contributed by atoms with Gasteiger partial charge in [-0.05, 0) is 18.9 Å². The average molecular weight is 97.1 g/mol. The van der Waals surface area contributed by atoms with E-state index in [-0.39, 0.29) is 0 Å². The van der Waals surface area contributed by atoms with Gasteiger partial charge in [-0.2, -0.15) is 0 Å². The van der Waals surface area contributed by atoms with Crippen LogP contribution < -0.4 is 0 Å². The van der Waals surface area contributed by atoms with Gasteiger partial charge in [-0.3, -0.25) is 4.79 Å². The van der Waals surface area contributed by atoms with Gasteiger partial charge < -0.3 is 0 Å². The van der Waals surface area contributed by atoms with E-state index in [0.717, 1.165) is 12.0 Å². The van der Waals surface area contributed by atoms with E-state index in [4.69, 9.17) is 0 Å². The molecule has 0 spiro atoms. The van der Waals surface area contributed by atoms with Gasteiger partial charge in [0.15, 0.2) is 0 Å². The van der Waals surface area contributed by atoms with Crippen molar-refractivity contribution in [2.24, 2.45) is 0 Å². The highest BCUT2D eigenvalue weighted by atomic mass is 16.1. The van der Waals surface area contributed by atoms with E-state index in [1.54, 1.807) is 6.08 Å². The van der Waals surface area contributed by atoms with Gasteiger partial charge in [0.05, 0.1) is 0 Å². The summed E-state index contributed by atoms with van der Waals surface area (Å²) in [5, 5.41) is 0. The molecule has 0 bridgehead atoms. The van der Waals surface area contributed by atoms with E-state index in [9.17, 15) is 4.79 Å². The summed E-state index contributed by atoms with van der Waals surface area (Å²) >= 11 is 0. The zero-order valence-corrected chi connectivity index (χ0v) is 4.69. The van der Waals surface area contributed by atoms with Crippen LogP contribution in [-0.2, 0) is 4.79 Å². The molecule has 0 heterocycles. The second kappa shape index (κ2) is 3.59. The molecule has 0 aliphatic heterocycles. The predicted molar refractivity (Wildman–Crippen MR) is 29.7 cm³/mol. The fourth-order valence-electron chi connectivity index (χ4n) is 0.335. The third-order valence-corrected chi connectivity index (χ3v) is 0.860. The Labute approximate surface area is 44.0 Å². The van der Waals surface area contributed by atoms with Crippen LogP contribution in [0.2, 0.25) is 0 Å². The topological polar surface area (TPSA) is 17.1 Å². The van der Waals surface area contributed by atoms with Gasteiger partial charge in [0.2, 0.25) is 6.29 Å². The van der Waals surface area contributed by atoms with E-state index in [0.29, 0.717) is 0 Å². The molecular weight excluding hydrogens is 88.1 g/mol. The molecular formula is C6H9O. The highest BCUT2D eigenvalue weighted by molar-refractivity contribution is 5.73. The highest BCUT2D eigenvalue weighted by Gasteiger charge is 1.84. The first-order valence-electron chi connectivity index (χ1n) is 2.38. The van der Waals surface area contributed by atoms with Crippen molar-refractivity contribution in [1.29, 1.82) is 0 Å². The quantitative estimate of drug-likeness (QED) is 0.476. The SMILES string of the molecule is C/C=C(\[C]=O)CC. The second-order valence-electron chi connectivity index (χ2n) is 1.27. The Kier molecular flexibility index (Phi) is 3.29. The standard InChI is InChI=1S/C6H9O/c1-3-6(4-2)5-7/h3H,4H2,1-2H3/b6-3-. The summed E-state index contributed by atoms with van der Waals surface area (Å²) in [6.07, 6.45) is 4.38. The van der Waals surface area contributed by atoms with Crippen LogP contribution in [0, 0.1) is 0 Å². The van der Waals surface area contributed by atoms with Gasteiger partial charge in [-0.15, -0.1) is 0 Å². The van der Waals surface area contributed by atoms with Crippen LogP contribution >= 0.6 is 0 Å². The lowest BCUT2D eigenvalue weighted by Crippen LogP contribution is -1.77. The fourth-order valence-corrected chi connectivity index (χ4v) is 0.335. The van der Waals surface area contributed by atoms with Crippen molar-refractivity contribution in [3.8, 4) is 0 Å². The van der Waals surface area contributed by atoms with E-state index < -0.39 is 0 Å². The van der Waals surface area contributed by atoms with Gasteiger partial charge in [0, 0.05) is 0 Å². The molecule has 0 aliphatic rings. The molecule has 39 valence electrons. The van der Waals surface area contributed by atoms with Gasteiger partial charge in [-0.25, -0.2) is 0 Å². The Morgan fingerprint density at radius 2 is 2.43 bits per heavy atom. The normalized spacial score (nSPS) is 11.4. The molecule has 0 fully saturated rings. The number of hydrogen-bond acceptors (Lipinski definition) is 1. The van der Waals surface area contributed by atoms with Gasteiger partial charge in [0.1, 0.15) is 0 Å². The van der Waals surface area contributed by atoms with Crippen LogP contribution in [0.3, 0.4) is 0 Å². The monoisotopic (exact) mass is 97.1 g/mol. The Hall–Kier alpha value is -0.590. The van der Waals surface area contributed by atoms with E-state index in [1.165, 1.54) is 0 Å². The van der Waals surface area contributed by atoms with Crippen molar-refractivity contribution in [3.05, 3.63) is 11.6 Å². The molecule has 1 heteroatoms. The Morgan fingerprint density at radius 3 is 2.43 bits per heavy atom. The van der Waals surface area contributed by atoms with Crippen molar-refractivity contribution in [2.75, 3.05) is 0 Å². The lowest BCUT2D eigenvalue weighted by atomic mass is 10.2. The maximum absolute atomic E-state index is 9.77. The molecule has 0 saturated carbocycles. The molecule has 0 amide bonds. The smallest absolute Gasteiger partial charge is 0.228 e. The molecule has 1 radical (unpaired) electrons. The molecule has 0 saturated heterocycles. The van der Waals surface area contributed by atoms with Crippen LogP contribution in [0.4, 0.5) is 0 Å². The molecule has 0 aliphatic carbocycles. The fraction of sp³-hybridized carbons (Fsp3) is 0.500. The summed E-state index contributed by atoms with van der Waals surface area (Å²) < 4.78 is 0. The minimum Gasteiger partial charge on any atom is -0.285 e. The number of hydrogen-bond donors (Lipinski definition) is 0. The summed E-state index contributed by atoms with van der Waals surface area (Å²) in [5.41, 5.74) is 0.750. The first-order chi connectivity index (χ1) is 3.35. The molecule has 0 atom stereocenters. The maximum atomic E-state index is 9.77. The molecule has 0 aromatic heterocycles. The van der Waals surface area contributed by atoms with E-state index in [1.807, 2.05) is 20.1 Å². The lowest BCUT2D eigenvalue weighted by Gasteiger charge is -1.82. The Morgan fingerprint density at radius 1 is 1.86 bits per heavy atom. The summed E-state index contributed by atoms with van der Waals surface area (Å²) in [4.78, 5) is 9.77. The molecule has 0 N–H and O–H groups in total. The summed E-state index contributed by atoms with van der Waals surface area (Å²) in [7, 11) is 0. The zero-order valence-electron chi connectivity index (χ0n) is 4.69. The molecule has 1 nitrogen and oxygen atoms in total. The minimum absolute atomic E-state index is 0.750. The van der Waals surface area contributed by atoms with Crippen molar-refractivity contribution in [1.82, 2.24) is 0 Å². The number of allylic oxidation sites excluding steroid dienone is 2.